The minimum atomic E-state index is -0.113. The van der Waals surface area contributed by atoms with Crippen molar-refractivity contribution in [2.45, 2.75) is 4.90 Å². The third kappa shape index (κ3) is 3.86. The highest BCUT2D eigenvalue weighted by Gasteiger charge is 2.12. The average molecular weight is 313 g/mol. The Balaban J connectivity index is 2.07. The second-order valence-electron chi connectivity index (χ2n) is 3.76. The number of hydrogen-bond donors (Lipinski definition) is 1. The van der Waals surface area contributed by atoms with Crippen LogP contribution in [0.5, 0.6) is 0 Å². The number of nitrogens with two attached hydrogens (primary N) is 1. The number of benzene rings is 1. The van der Waals surface area contributed by atoms with Crippen molar-refractivity contribution in [1.29, 1.82) is 0 Å². The number of nitrogen functional groups attached to an aromatic ring is 1. The quantitative estimate of drug-likeness (QED) is 0.686. The van der Waals surface area contributed by atoms with Crippen molar-refractivity contribution in [3.05, 3.63) is 52.1 Å². The molecule has 3 nitrogen and oxygen atoms in total. The second-order valence-corrected chi connectivity index (χ2v) is 5.68. The molecule has 0 fully saturated rings. The van der Waals surface area contributed by atoms with Gasteiger partial charge in [0.15, 0.2) is 5.78 Å². The van der Waals surface area contributed by atoms with E-state index in [1.54, 1.807) is 12.1 Å². The predicted molar refractivity (Wildman–Crippen MR) is 80.2 cm³/mol. The molecule has 0 aliphatic rings. The van der Waals surface area contributed by atoms with Gasteiger partial charge in [0, 0.05) is 16.1 Å². The summed E-state index contributed by atoms with van der Waals surface area (Å²) in [6.45, 7) is 0. The van der Waals surface area contributed by atoms with E-state index in [4.69, 9.17) is 28.9 Å². The molecular weight excluding hydrogens is 303 g/mol. The summed E-state index contributed by atoms with van der Waals surface area (Å²) < 4.78 is 0. The van der Waals surface area contributed by atoms with E-state index in [0.29, 0.717) is 15.6 Å². The first kappa shape index (κ1) is 14.2. The molecule has 2 aromatic rings. The van der Waals surface area contributed by atoms with Gasteiger partial charge in [0.05, 0.1) is 16.3 Å². The number of ketones is 1. The maximum atomic E-state index is 12.0. The Morgan fingerprint density at radius 1 is 1.26 bits per heavy atom. The summed E-state index contributed by atoms with van der Waals surface area (Å²) in [7, 11) is 0. The van der Waals surface area contributed by atoms with Gasteiger partial charge in [-0.3, -0.25) is 4.79 Å². The third-order valence-corrected chi connectivity index (χ3v) is 3.79. The van der Waals surface area contributed by atoms with Gasteiger partial charge in [0.25, 0.3) is 0 Å². The number of rotatable bonds is 4. The van der Waals surface area contributed by atoms with Crippen LogP contribution < -0.4 is 5.73 Å². The first-order chi connectivity index (χ1) is 9.06. The van der Waals surface area contributed by atoms with Crippen LogP contribution in [0.2, 0.25) is 10.0 Å². The molecule has 1 aromatic carbocycles. The lowest BCUT2D eigenvalue weighted by Crippen LogP contribution is -2.07. The van der Waals surface area contributed by atoms with Crippen LogP contribution in [0.4, 0.5) is 5.82 Å². The lowest BCUT2D eigenvalue weighted by molar-refractivity contribution is 0.102. The van der Waals surface area contributed by atoms with Gasteiger partial charge in [-0.25, -0.2) is 4.98 Å². The summed E-state index contributed by atoms with van der Waals surface area (Å²) in [6, 6.07) is 8.85. The number of nitrogens with zero attached hydrogens (tertiary/aromatic N) is 1. The van der Waals surface area contributed by atoms with Crippen molar-refractivity contribution in [3.8, 4) is 0 Å². The number of carbonyl (C=O) groups is 1. The van der Waals surface area contributed by atoms with Crippen LogP contribution >= 0.6 is 35.0 Å². The molecule has 0 radical (unpaired) electrons. The topological polar surface area (TPSA) is 56.0 Å². The molecule has 0 atom stereocenters. The van der Waals surface area contributed by atoms with Crippen LogP contribution in [-0.4, -0.2) is 16.5 Å². The Labute approximate surface area is 125 Å². The van der Waals surface area contributed by atoms with Crippen molar-refractivity contribution < 1.29 is 4.79 Å². The van der Waals surface area contributed by atoms with Crippen LogP contribution in [0.3, 0.4) is 0 Å². The van der Waals surface area contributed by atoms with Gasteiger partial charge in [-0.05, 0) is 24.3 Å². The first-order valence-electron chi connectivity index (χ1n) is 5.39. The van der Waals surface area contributed by atoms with E-state index in [9.17, 15) is 4.79 Å². The Bertz CT molecular complexity index is 619. The lowest BCUT2D eigenvalue weighted by Gasteiger charge is -2.05. The molecule has 0 bridgehead atoms. The van der Waals surface area contributed by atoms with Gasteiger partial charge < -0.3 is 5.73 Å². The van der Waals surface area contributed by atoms with Gasteiger partial charge in [-0.15, -0.1) is 11.8 Å². The first-order valence-corrected chi connectivity index (χ1v) is 7.13. The maximum absolute atomic E-state index is 12.0. The van der Waals surface area contributed by atoms with Gasteiger partial charge in [0.2, 0.25) is 0 Å². The van der Waals surface area contributed by atoms with Crippen molar-refractivity contribution >= 4 is 46.6 Å². The lowest BCUT2D eigenvalue weighted by atomic mass is 10.2. The molecule has 6 heteroatoms. The van der Waals surface area contributed by atoms with Gasteiger partial charge >= 0.3 is 0 Å². The summed E-state index contributed by atoms with van der Waals surface area (Å²) in [5.74, 6) is 0.339. The second kappa shape index (κ2) is 6.28. The number of thioether (sulfide) groups is 1. The number of anilines is 1. The van der Waals surface area contributed by atoms with E-state index in [2.05, 4.69) is 4.98 Å². The summed E-state index contributed by atoms with van der Waals surface area (Å²) in [5, 5.41) is 1.03. The molecular formula is C13H10Cl2N2OS. The van der Waals surface area contributed by atoms with Crippen LogP contribution in [0.1, 0.15) is 10.4 Å². The third-order valence-electron chi connectivity index (χ3n) is 2.35. The number of Topliss-reactive ketones (excluding diaryl/α,β-unsaturated/α-hetero) is 1. The predicted octanol–water partition coefficient (Wildman–Crippen LogP) is 3.95. The largest absolute Gasteiger partial charge is 0.383 e. The zero-order valence-electron chi connectivity index (χ0n) is 9.77. The highest BCUT2D eigenvalue weighted by molar-refractivity contribution is 8.00. The van der Waals surface area contributed by atoms with E-state index < -0.39 is 0 Å². The van der Waals surface area contributed by atoms with Crippen molar-refractivity contribution in [3.63, 3.8) is 0 Å². The molecule has 0 spiro atoms. The standard InChI is InChI=1S/C13H10Cl2N2OS/c14-8-2-1-3-10(4-8)19-7-12(18)11-5-9(15)6-17-13(11)16/h1-6H,7H2,(H2,16,17). The molecule has 0 unspecified atom stereocenters. The van der Waals surface area contributed by atoms with Gasteiger partial charge in [-0.2, -0.15) is 0 Å². The summed E-state index contributed by atoms with van der Waals surface area (Å²) in [5.41, 5.74) is 6.01. The van der Waals surface area contributed by atoms with E-state index in [1.165, 1.54) is 24.0 Å². The fraction of sp³-hybridized carbons (Fsp3) is 0.0769. The SMILES string of the molecule is Nc1ncc(Cl)cc1C(=O)CSc1cccc(Cl)c1. The molecule has 2 N–H and O–H groups in total. The van der Waals surface area contributed by atoms with Crippen molar-refractivity contribution in [1.82, 2.24) is 4.98 Å². The Hall–Kier alpha value is -1.23. The highest BCUT2D eigenvalue weighted by Crippen LogP contribution is 2.24. The highest BCUT2D eigenvalue weighted by atomic mass is 35.5. The van der Waals surface area contributed by atoms with E-state index >= 15 is 0 Å². The molecule has 0 saturated heterocycles. The minimum absolute atomic E-state index is 0.113. The fourth-order valence-electron chi connectivity index (χ4n) is 1.46. The molecule has 98 valence electrons. The van der Waals surface area contributed by atoms with Crippen LogP contribution in [0.15, 0.2) is 41.4 Å². The van der Waals surface area contributed by atoms with Crippen LogP contribution in [0.25, 0.3) is 0 Å². The molecule has 1 aromatic heterocycles. The molecule has 0 amide bonds. The maximum Gasteiger partial charge on any atom is 0.176 e. The number of pyridine rings is 1. The number of aromatic nitrogens is 1. The van der Waals surface area contributed by atoms with Crippen molar-refractivity contribution in [2.75, 3.05) is 11.5 Å². The zero-order chi connectivity index (χ0) is 13.8. The summed E-state index contributed by atoms with van der Waals surface area (Å²) in [4.78, 5) is 16.8. The molecule has 0 saturated carbocycles. The normalized spacial score (nSPS) is 10.4. The Kier molecular flexibility index (Phi) is 4.69. The van der Waals surface area contributed by atoms with Gasteiger partial charge in [0.1, 0.15) is 5.82 Å². The fourth-order valence-corrected chi connectivity index (χ4v) is 2.71. The molecule has 0 aliphatic heterocycles. The number of halogens is 2. The molecule has 2 rings (SSSR count). The van der Waals surface area contributed by atoms with Gasteiger partial charge in [-0.1, -0.05) is 29.3 Å². The van der Waals surface area contributed by atoms with Crippen LogP contribution in [-0.2, 0) is 0 Å². The zero-order valence-corrected chi connectivity index (χ0v) is 12.1. The van der Waals surface area contributed by atoms with E-state index in [-0.39, 0.29) is 17.4 Å². The molecule has 1 heterocycles. The summed E-state index contributed by atoms with van der Waals surface area (Å²) >= 11 is 13.1. The number of carbonyl (C=O) groups excluding carboxylic acids is 1. The van der Waals surface area contributed by atoms with Crippen LogP contribution in [0, 0.1) is 0 Å². The molecule has 0 aliphatic carbocycles. The van der Waals surface area contributed by atoms with E-state index in [0.717, 1.165) is 4.90 Å². The Morgan fingerprint density at radius 3 is 2.79 bits per heavy atom. The Morgan fingerprint density at radius 2 is 2.05 bits per heavy atom. The smallest absolute Gasteiger partial charge is 0.176 e. The summed E-state index contributed by atoms with van der Waals surface area (Å²) in [6.07, 6.45) is 1.41. The average Bonchev–Trinajstić information content (AvgIpc) is 2.39. The number of hydrogen-bond acceptors (Lipinski definition) is 4. The monoisotopic (exact) mass is 312 g/mol. The van der Waals surface area contributed by atoms with Crippen molar-refractivity contribution in [2.24, 2.45) is 0 Å². The van der Waals surface area contributed by atoms with E-state index in [1.807, 2.05) is 12.1 Å². The molecule has 19 heavy (non-hydrogen) atoms. The minimum Gasteiger partial charge on any atom is -0.383 e.